The largest absolute Gasteiger partial charge is 2.00 e. The minimum absolute atomic E-state index is 0. The molecular formula is C8H17O9W-3. The topological polar surface area (TPSA) is 183 Å². The van der Waals surface area contributed by atoms with Crippen LogP contribution in [0.15, 0.2) is 0 Å². The van der Waals surface area contributed by atoms with Crippen molar-refractivity contribution in [3.05, 3.63) is 0 Å². The molecule has 0 aromatic rings. The summed E-state index contributed by atoms with van der Waals surface area (Å²) in [5.41, 5.74) is 0. The molecule has 0 spiro atoms. The van der Waals surface area contributed by atoms with Crippen molar-refractivity contribution in [3.63, 3.8) is 0 Å². The maximum Gasteiger partial charge on any atom is 0.305 e. The molecular weight excluding hydrogens is 424 g/mol. The van der Waals surface area contributed by atoms with E-state index in [1.807, 2.05) is 0 Å². The zero-order chi connectivity index (χ0) is 10.8. The minimum Gasteiger partial charge on any atom is -2.00 e. The van der Waals surface area contributed by atoms with Crippen LogP contribution >= 0.6 is 0 Å². The number of aliphatic carboxylic acids is 2. The van der Waals surface area contributed by atoms with Gasteiger partial charge >= 0.3 is 11.9 Å². The zero-order valence-electron chi connectivity index (χ0n) is 9.53. The molecule has 0 radical (unpaired) electrons. The van der Waals surface area contributed by atoms with Crippen molar-refractivity contribution >= 4 is 11.9 Å². The third-order valence-electron chi connectivity index (χ3n) is 1.29. The number of rotatable bonds is 9. The summed E-state index contributed by atoms with van der Waals surface area (Å²) in [6, 6.07) is 0. The standard InChI is InChI=1S/C8H14O6.2H2O.O.W/c9-7(10)1-3-13-5-6-14-4-2-8(11)12;;;;/h1-6H2,(H,9,10)(H,11,12);2*1H2;;/q;;;-2;/p-1. The van der Waals surface area contributed by atoms with Gasteiger partial charge in [0.25, 0.3) is 0 Å². The van der Waals surface area contributed by atoms with Crippen LogP contribution in [0.3, 0.4) is 0 Å². The van der Waals surface area contributed by atoms with Gasteiger partial charge in [-0.25, -0.2) is 0 Å². The second-order valence-corrected chi connectivity index (χ2v) is 2.51. The quantitative estimate of drug-likeness (QED) is 0.423. The molecule has 0 amide bonds. The molecule has 0 aliphatic carbocycles. The fourth-order valence-corrected chi connectivity index (χ4v) is 0.641. The van der Waals surface area contributed by atoms with E-state index in [9.17, 15) is 9.59 Å². The molecule has 0 atom stereocenters. The van der Waals surface area contributed by atoms with Gasteiger partial charge < -0.3 is 36.1 Å². The molecule has 0 aromatic heterocycles. The molecule has 0 aromatic carbocycles. The Hall–Kier alpha value is -0.572. The van der Waals surface area contributed by atoms with Crippen molar-refractivity contribution in [1.82, 2.24) is 0 Å². The summed E-state index contributed by atoms with van der Waals surface area (Å²) in [7, 11) is 0. The fourth-order valence-electron chi connectivity index (χ4n) is 0.641. The summed E-state index contributed by atoms with van der Waals surface area (Å²) in [6.07, 6.45) is -0.0652. The van der Waals surface area contributed by atoms with E-state index >= 15 is 0 Å². The van der Waals surface area contributed by atoms with Crippen molar-refractivity contribution in [2.24, 2.45) is 0 Å². The summed E-state index contributed by atoms with van der Waals surface area (Å²) in [4.78, 5) is 20.1. The summed E-state index contributed by atoms with van der Waals surface area (Å²) < 4.78 is 9.80. The molecule has 0 bridgehead atoms. The van der Waals surface area contributed by atoms with Crippen LogP contribution in [0.5, 0.6) is 0 Å². The molecule has 0 unspecified atom stereocenters. The average molecular weight is 441 g/mol. The van der Waals surface area contributed by atoms with Crippen LogP contribution in [0.2, 0.25) is 0 Å². The maximum atomic E-state index is 10.0. The van der Waals surface area contributed by atoms with Crippen LogP contribution in [0, 0.1) is 0 Å². The molecule has 0 rings (SSSR count). The first-order chi connectivity index (χ1) is 6.63. The second kappa shape index (κ2) is 21.7. The number of hydrogen-bond acceptors (Lipinski definition) is 5. The van der Waals surface area contributed by atoms with Crippen molar-refractivity contribution < 1.29 is 66.8 Å². The van der Waals surface area contributed by atoms with Crippen LogP contribution < -0.4 is 0 Å². The molecule has 18 heavy (non-hydrogen) atoms. The third-order valence-corrected chi connectivity index (χ3v) is 1.29. The minimum atomic E-state index is -0.906. The predicted molar refractivity (Wildman–Crippen MR) is 52.4 cm³/mol. The predicted octanol–water partition coefficient (Wildman–Crippen LogP) is -1.15. The van der Waals surface area contributed by atoms with Crippen molar-refractivity contribution in [3.8, 4) is 0 Å². The Balaban J connectivity index is -0.000000141. The van der Waals surface area contributed by atoms with Crippen LogP contribution in [0.25, 0.3) is 0 Å². The first-order valence-electron chi connectivity index (χ1n) is 4.22. The van der Waals surface area contributed by atoms with Crippen LogP contribution in [-0.4, -0.2) is 59.5 Å². The van der Waals surface area contributed by atoms with Gasteiger partial charge in [-0.15, -0.1) is 0 Å². The van der Waals surface area contributed by atoms with E-state index in [0.717, 1.165) is 0 Å². The summed E-state index contributed by atoms with van der Waals surface area (Å²) >= 11 is 0. The monoisotopic (exact) mass is 441 g/mol. The molecule has 10 heteroatoms. The Morgan fingerprint density at radius 1 is 0.833 bits per heavy atom. The molecule has 0 saturated carbocycles. The average Bonchev–Trinajstić information content (AvgIpc) is 2.08. The van der Waals surface area contributed by atoms with E-state index in [0.29, 0.717) is 0 Å². The van der Waals surface area contributed by atoms with Gasteiger partial charge in [-0.3, -0.25) is 9.59 Å². The van der Waals surface area contributed by atoms with Gasteiger partial charge in [0.15, 0.2) is 0 Å². The van der Waals surface area contributed by atoms with Crippen LogP contribution in [0.4, 0.5) is 0 Å². The molecule has 5 N–H and O–H groups in total. The van der Waals surface area contributed by atoms with Gasteiger partial charge in [-0.05, 0) is 0 Å². The van der Waals surface area contributed by atoms with Crippen LogP contribution in [-0.2, 0) is 45.6 Å². The Labute approximate surface area is 118 Å². The van der Waals surface area contributed by atoms with Crippen LogP contribution in [0.1, 0.15) is 12.8 Å². The van der Waals surface area contributed by atoms with Gasteiger partial charge in [0, 0.05) is 21.1 Å². The zero-order valence-corrected chi connectivity index (χ0v) is 12.5. The maximum absolute atomic E-state index is 10.0. The van der Waals surface area contributed by atoms with Gasteiger partial charge in [0.2, 0.25) is 0 Å². The van der Waals surface area contributed by atoms with E-state index < -0.39 is 11.9 Å². The van der Waals surface area contributed by atoms with E-state index in [1.54, 1.807) is 0 Å². The number of carboxylic acids is 2. The number of carboxylic acid groups (broad SMARTS) is 2. The van der Waals surface area contributed by atoms with E-state index in [2.05, 4.69) is 0 Å². The van der Waals surface area contributed by atoms with Crippen molar-refractivity contribution in [2.75, 3.05) is 26.4 Å². The van der Waals surface area contributed by atoms with Gasteiger partial charge in [-0.1, -0.05) is 0 Å². The Morgan fingerprint density at radius 2 is 1.11 bits per heavy atom. The van der Waals surface area contributed by atoms with E-state index in [-0.39, 0.29) is 76.8 Å². The first-order valence-corrected chi connectivity index (χ1v) is 4.22. The SMILES string of the molecule is O.O=C(O)CCOCCOCCC(=O)O.[O-2].[OH-].[W]. The van der Waals surface area contributed by atoms with Crippen molar-refractivity contribution in [1.29, 1.82) is 0 Å². The molecule has 0 saturated heterocycles. The van der Waals surface area contributed by atoms with Gasteiger partial charge in [0.1, 0.15) is 0 Å². The van der Waals surface area contributed by atoms with Gasteiger partial charge in [0.05, 0.1) is 39.3 Å². The van der Waals surface area contributed by atoms with Gasteiger partial charge in [-0.2, -0.15) is 0 Å². The summed E-state index contributed by atoms with van der Waals surface area (Å²) in [5, 5.41) is 16.5. The summed E-state index contributed by atoms with van der Waals surface area (Å²) in [5.74, 6) is -1.81. The smallest absolute Gasteiger partial charge is 0.305 e. The first kappa shape index (κ1) is 30.5. The normalized spacial score (nSPS) is 7.78. The molecule has 9 nitrogen and oxygen atoms in total. The summed E-state index contributed by atoms with van der Waals surface area (Å²) in [6.45, 7) is 0.870. The number of carbonyl (C=O) groups is 2. The molecule has 0 heterocycles. The fraction of sp³-hybridized carbons (Fsp3) is 0.750. The Kier molecular flexibility index (Phi) is 36.7. The number of ether oxygens (including phenoxy) is 2. The molecule has 0 fully saturated rings. The van der Waals surface area contributed by atoms with E-state index in [1.165, 1.54) is 0 Å². The Morgan fingerprint density at radius 3 is 1.33 bits per heavy atom. The number of hydrogen-bond donors (Lipinski definition) is 2. The van der Waals surface area contributed by atoms with E-state index in [4.69, 9.17) is 19.7 Å². The Bertz CT molecular complexity index is 167. The molecule has 0 aliphatic rings. The van der Waals surface area contributed by atoms with Crippen molar-refractivity contribution in [2.45, 2.75) is 12.8 Å². The molecule has 0 aliphatic heterocycles. The second-order valence-electron chi connectivity index (χ2n) is 2.51. The molecule has 112 valence electrons. The third kappa shape index (κ3) is 29.5.